The van der Waals surface area contributed by atoms with Crippen LogP contribution in [0.1, 0.15) is 50.3 Å². The molecule has 2 heteroatoms. The predicted octanol–water partition coefficient (Wildman–Crippen LogP) is 3.46. The van der Waals surface area contributed by atoms with Crippen molar-refractivity contribution >= 4 is 0 Å². The molecular formula is C15H23NO. The van der Waals surface area contributed by atoms with Crippen LogP contribution < -0.4 is 10.1 Å². The first kappa shape index (κ1) is 12.4. The third-order valence-electron chi connectivity index (χ3n) is 3.38. The van der Waals surface area contributed by atoms with E-state index in [-0.39, 0.29) is 0 Å². The van der Waals surface area contributed by atoms with Crippen molar-refractivity contribution in [3.05, 3.63) is 29.3 Å². The van der Waals surface area contributed by atoms with E-state index < -0.39 is 0 Å². The lowest BCUT2D eigenvalue weighted by atomic mass is 9.87. The smallest absolute Gasteiger partial charge is 0.119 e. The van der Waals surface area contributed by atoms with Crippen LogP contribution in [0.3, 0.4) is 0 Å². The van der Waals surface area contributed by atoms with E-state index in [0.29, 0.717) is 6.04 Å². The average molecular weight is 233 g/mol. The monoisotopic (exact) mass is 233 g/mol. The van der Waals surface area contributed by atoms with Crippen LogP contribution in [0.2, 0.25) is 0 Å². The van der Waals surface area contributed by atoms with Crippen molar-refractivity contribution < 1.29 is 4.74 Å². The molecule has 1 aromatic carbocycles. The van der Waals surface area contributed by atoms with Crippen LogP contribution in [0, 0.1) is 0 Å². The van der Waals surface area contributed by atoms with Gasteiger partial charge >= 0.3 is 0 Å². The molecule has 0 spiro atoms. The van der Waals surface area contributed by atoms with Gasteiger partial charge < -0.3 is 10.1 Å². The molecule has 0 radical (unpaired) electrons. The molecule has 0 amide bonds. The van der Waals surface area contributed by atoms with E-state index in [9.17, 15) is 0 Å². The fourth-order valence-electron chi connectivity index (χ4n) is 2.58. The Kier molecular flexibility index (Phi) is 4.43. The Bertz CT molecular complexity index is 362. The normalized spacial score (nSPS) is 18.8. The third-order valence-corrected chi connectivity index (χ3v) is 3.38. The molecule has 1 aromatic rings. The number of ether oxygens (including phenoxy) is 1. The van der Waals surface area contributed by atoms with Crippen molar-refractivity contribution in [1.82, 2.24) is 5.32 Å². The quantitative estimate of drug-likeness (QED) is 0.841. The maximum atomic E-state index is 5.57. The number of hydrogen-bond donors (Lipinski definition) is 1. The topological polar surface area (TPSA) is 21.3 Å². The summed E-state index contributed by atoms with van der Waals surface area (Å²) in [6.07, 6.45) is 4.94. The summed E-state index contributed by atoms with van der Waals surface area (Å²) in [5, 5.41) is 3.64. The number of rotatable bonds is 5. The average Bonchev–Trinajstić information content (AvgIpc) is 2.36. The molecule has 0 aromatic heterocycles. The van der Waals surface area contributed by atoms with Crippen LogP contribution in [0.25, 0.3) is 0 Å². The Labute approximate surface area is 104 Å². The van der Waals surface area contributed by atoms with E-state index >= 15 is 0 Å². The van der Waals surface area contributed by atoms with Gasteiger partial charge in [-0.25, -0.2) is 0 Å². The van der Waals surface area contributed by atoms with Crippen LogP contribution in [0.4, 0.5) is 0 Å². The molecule has 2 nitrogen and oxygen atoms in total. The molecule has 2 rings (SSSR count). The lowest BCUT2D eigenvalue weighted by molar-refractivity contribution is 0.339. The number of benzene rings is 1. The van der Waals surface area contributed by atoms with Crippen LogP contribution in [0.15, 0.2) is 18.2 Å². The zero-order chi connectivity index (χ0) is 12.1. The molecular weight excluding hydrogens is 210 g/mol. The molecule has 0 bridgehead atoms. The highest BCUT2D eigenvalue weighted by molar-refractivity contribution is 5.39. The number of fused-ring (bicyclic) bond motifs is 1. The Morgan fingerprint density at radius 2 is 2.24 bits per heavy atom. The number of aryl methyl sites for hydroxylation is 1. The summed E-state index contributed by atoms with van der Waals surface area (Å²) in [6, 6.07) is 7.12. The maximum absolute atomic E-state index is 5.57. The molecule has 0 heterocycles. The van der Waals surface area contributed by atoms with Crippen molar-refractivity contribution in [2.24, 2.45) is 0 Å². The minimum Gasteiger partial charge on any atom is -0.494 e. The van der Waals surface area contributed by atoms with E-state index in [0.717, 1.165) is 18.9 Å². The third kappa shape index (κ3) is 3.01. The first-order valence-corrected chi connectivity index (χ1v) is 6.84. The summed E-state index contributed by atoms with van der Waals surface area (Å²) < 4.78 is 5.57. The van der Waals surface area contributed by atoms with E-state index in [1.54, 1.807) is 0 Å². The first-order valence-electron chi connectivity index (χ1n) is 6.84. The summed E-state index contributed by atoms with van der Waals surface area (Å²) in [6.45, 7) is 6.10. The summed E-state index contributed by atoms with van der Waals surface area (Å²) >= 11 is 0. The highest BCUT2D eigenvalue weighted by Crippen LogP contribution is 2.32. The van der Waals surface area contributed by atoms with Gasteiger partial charge in [0.2, 0.25) is 0 Å². The number of hydrogen-bond acceptors (Lipinski definition) is 2. The Hall–Kier alpha value is -1.02. The van der Waals surface area contributed by atoms with Crippen molar-refractivity contribution in [3.63, 3.8) is 0 Å². The summed E-state index contributed by atoms with van der Waals surface area (Å²) in [4.78, 5) is 0. The SMILES string of the molecule is CCCNC1CCCc2cc(OCC)ccc21. The largest absolute Gasteiger partial charge is 0.494 e. The molecule has 0 fully saturated rings. The highest BCUT2D eigenvalue weighted by atomic mass is 16.5. The van der Waals surface area contributed by atoms with Crippen molar-refractivity contribution in [3.8, 4) is 5.75 Å². The molecule has 1 N–H and O–H groups in total. The molecule has 1 aliphatic carbocycles. The Balaban J connectivity index is 2.14. The first-order chi connectivity index (χ1) is 8.35. The Morgan fingerprint density at radius 1 is 1.35 bits per heavy atom. The van der Waals surface area contributed by atoms with Crippen molar-refractivity contribution in [2.75, 3.05) is 13.2 Å². The van der Waals surface area contributed by atoms with E-state index in [1.165, 1.54) is 36.8 Å². The summed E-state index contributed by atoms with van der Waals surface area (Å²) in [5.74, 6) is 1.02. The molecule has 1 atom stereocenters. The fraction of sp³-hybridized carbons (Fsp3) is 0.600. The van der Waals surface area contributed by atoms with Crippen molar-refractivity contribution in [2.45, 2.75) is 45.6 Å². The predicted molar refractivity (Wildman–Crippen MR) is 71.6 cm³/mol. The van der Waals surface area contributed by atoms with Gasteiger partial charge in [-0.2, -0.15) is 0 Å². The molecule has 0 saturated heterocycles. The van der Waals surface area contributed by atoms with E-state index in [1.807, 2.05) is 6.92 Å². The molecule has 17 heavy (non-hydrogen) atoms. The van der Waals surface area contributed by atoms with Gasteiger partial charge in [0.05, 0.1) is 6.61 Å². The van der Waals surface area contributed by atoms with Crippen LogP contribution in [-0.4, -0.2) is 13.2 Å². The van der Waals surface area contributed by atoms with Crippen LogP contribution in [0.5, 0.6) is 5.75 Å². The molecule has 1 aliphatic rings. The maximum Gasteiger partial charge on any atom is 0.119 e. The molecule has 94 valence electrons. The zero-order valence-electron chi connectivity index (χ0n) is 11.0. The highest BCUT2D eigenvalue weighted by Gasteiger charge is 2.19. The van der Waals surface area contributed by atoms with Crippen molar-refractivity contribution in [1.29, 1.82) is 0 Å². The molecule has 1 unspecified atom stereocenters. The van der Waals surface area contributed by atoms with Gasteiger partial charge in [-0.15, -0.1) is 0 Å². The zero-order valence-corrected chi connectivity index (χ0v) is 11.0. The minimum absolute atomic E-state index is 0.550. The fourth-order valence-corrected chi connectivity index (χ4v) is 2.58. The second kappa shape index (κ2) is 6.06. The minimum atomic E-state index is 0.550. The summed E-state index contributed by atoms with van der Waals surface area (Å²) in [7, 11) is 0. The van der Waals surface area contributed by atoms with Crippen LogP contribution in [-0.2, 0) is 6.42 Å². The second-order valence-electron chi connectivity index (χ2n) is 4.69. The standard InChI is InChI=1S/C15H23NO/c1-3-10-16-15-7-5-6-12-11-13(17-4-2)8-9-14(12)15/h8-9,11,15-16H,3-7,10H2,1-2H3. The molecule has 0 saturated carbocycles. The van der Waals surface area contributed by atoms with Gasteiger partial charge in [0.15, 0.2) is 0 Å². The number of nitrogens with one attached hydrogen (secondary N) is 1. The van der Waals surface area contributed by atoms with E-state index in [4.69, 9.17) is 4.74 Å². The van der Waals surface area contributed by atoms with Gasteiger partial charge in [0.1, 0.15) is 5.75 Å². The van der Waals surface area contributed by atoms with Gasteiger partial charge in [-0.3, -0.25) is 0 Å². The molecule has 0 aliphatic heterocycles. The second-order valence-corrected chi connectivity index (χ2v) is 4.69. The Morgan fingerprint density at radius 3 is 3.00 bits per heavy atom. The van der Waals surface area contributed by atoms with Gasteiger partial charge in [-0.1, -0.05) is 13.0 Å². The van der Waals surface area contributed by atoms with Gasteiger partial charge in [0, 0.05) is 6.04 Å². The van der Waals surface area contributed by atoms with Gasteiger partial charge in [0.25, 0.3) is 0 Å². The lowest BCUT2D eigenvalue weighted by Gasteiger charge is -2.27. The van der Waals surface area contributed by atoms with E-state index in [2.05, 4.69) is 30.4 Å². The van der Waals surface area contributed by atoms with Gasteiger partial charge in [-0.05, 0) is 62.4 Å². The summed E-state index contributed by atoms with van der Waals surface area (Å²) in [5.41, 5.74) is 2.95. The van der Waals surface area contributed by atoms with Crippen LogP contribution >= 0.6 is 0 Å². The lowest BCUT2D eigenvalue weighted by Crippen LogP contribution is -2.25.